The quantitative estimate of drug-likeness (QED) is 0.0211. The molecular weight excluding hydrogens is 875 g/mol. The van der Waals surface area contributed by atoms with E-state index in [1.165, 1.54) is 193 Å². The lowest BCUT2D eigenvalue weighted by Crippen LogP contribution is -2.40. The molecule has 0 amide bonds. The molecule has 0 spiro atoms. The van der Waals surface area contributed by atoms with Gasteiger partial charge in [-0.05, 0) is 70.6 Å². The average Bonchev–Trinajstić information content (AvgIpc) is 3.33. The zero-order chi connectivity index (χ0) is 51.3. The molecule has 0 fully saturated rings. The Morgan fingerprint density at radius 3 is 1.14 bits per heavy atom. The van der Waals surface area contributed by atoms with Crippen molar-refractivity contribution in [1.82, 2.24) is 0 Å². The molecule has 0 rings (SSSR count). The lowest BCUT2D eigenvalue weighted by molar-refractivity contribution is -0.870. The molecule has 1 N–H and O–H groups in total. The van der Waals surface area contributed by atoms with E-state index >= 15 is 0 Å². The molecule has 9 nitrogen and oxygen atoms in total. The Labute approximate surface area is 432 Å². The Balaban J connectivity index is 4.15. The standard InChI is InChI=1S/C61H113NO8/c1-6-8-10-12-14-16-18-20-22-24-25-26-27-28-29-30-31-32-33-34-35-36-38-40-42-44-46-48-50-52-59(64)70-57(56-69-61(60(65)66)67-54-53-62(3,4)5)55-68-58(63)51-49-47-45-43-41-39-37-23-21-19-17-15-13-11-9-7-2/h18,20,23-25,37,57,61H,6-17,19,21-22,26-36,38-56H2,1-5H3/p+1/b20-18-,25-24-,37-23-. The van der Waals surface area contributed by atoms with Crippen molar-refractivity contribution in [1.29, 1.82) is 0 Å². The minimum absolute atomic E-state index is 0.183. The third-order valence-corrected chi connectivity index (χ3v) is 13.1. The van der Waals surface area contributed by atoms with Gasteiger partial charge in [0.25, 0.3) is 6.29 Å². The van der Waals surface area contributed by atoms with Crippen molar-refractivity contribution in [3.63, 3.8) is 0 Å². The first kappa shape index (κ1) is 67.5. The van der Waals surface area contributed by atoms with E-state index < -0.39 is 24.3 Å². The number of carbonyl (C=O) groups is 3. The van der Waals surface area contributed by atoms with Crippen molar-refractivity contribution in [3.8, 4) is 0 Å². The second-order valence-electron chi connectivity index (χ2n) is 21.3. The van der Waals surface area contributed by atoms with E-state index in [2.05, 4.69) is 50.3 Å². The van der Waals surface area contributed by atoms with Gasteiger partial charge in [-0.25, -0.2) is 4.79 Å². The highest BCUT2D eigenvalue weighted by Gasteiger charge is 2.25. The Hall–Kier alpha value is -2.49. The monoisotopic (exact) mass is 989 g/mol. The van der Waals surface area contributed by atoms with Gasteiger partial charge >= 0.3 is 17.9 Å². The first-order valence-corrected chi connectivity index (χ1v) is 29.7. The summed E-state index contributed by atoms with van der Waals surface area (Å²) >= 11 is 0. The molecule has 0 aliphatic heterocycles. The number of rotatable bonds is 55. The molecular formula is C61H114NO8+. The topological polar surface area (TPSA) is 108 Å². The Morgan fingerprint density at radius 2 is 0.771 bits per heavy atom. The fourth-order valence-corrected chi connectivity index (χ4v) is 8.51. The highest BCUT2D eigenvalue weighted by Crippen LogP contribution is 2.17. The van der Waals surface area contributed by atoms with E-state index in [1.54, 1.807) is 0 Å². The van der Waals surface area contributed by atoms with Gasteiger partial charge in [0.05, 0.1) is 34.4 Å². The van der Waals surface area contributed by atoms with Gasteiger partial charge in [-0.3, -0.25) is 9.59 Å². The number of unbranched alkanes of at least 4 members (excludes halogenated alkanes) is 34. The van der Waals surface area contributed by atoms with Crippen molar-refractivity contribution >= 4 is 17.9 Å². The normalized spacial score (nSPS) is 13.0. The highest BCUT2D eigenvalue weighted by atomic mass is 16.7. The number of hydrogen-bond acceptors (Lipinski definition) is 7. The van der Waals surface area contributed by atoms with E-state index in [0.717, 1.165) is 57.8 Å². The minimum Gasteiger partial charge on any atom is -0.477 e. The summed E-state index contributed by atoms with van der Waals surface area (Å²) in [7, 11) is 5.97. The lowest BCUT2D eigenvalue weighted by Gasteiger charge is -2.25. The van der Waals surface area contributed by atoms with Gasteiger partial charge in [0, 0.05) is 12.8 Å². The van der Waals surface area contributed by atoms with Crippen molar-refractivity contribution in [2.45, 2.75) is 289 Å². The van der Waals surface area contributed by atoms with Gasteiger partial charge in [0.1, 0.15) is 13.2 Å². The summed E-state index contributed by atoms with van der Waals surface area (Å²) in [5.41, 5.74) is 0. The lowest BCUT2D eigenvalue weighted by atomic mass is 10.0. The van der Waals surface area contributed by atoms with Crippen LogP contribution in [-0.4, -0.2) is 87.4 Å². The second-order valence-corrected chi connectivity index (χ2v) is 21.3. The Bertz CT molecular complexity index is 1240. The van der Waals surface area contributed by atoms with Crippen LogP contribution in [0.2, 0.25) is 0 Å². The van der Waals surface area contributed by atoms with E-state index in [9.17, 15) is 19.5 Å². The predicted molar refractivity (Wildman–Crippen MR) is 295 cm³/mol. The van der Waals surface area contributed by atoms with E-state index in [1.807, 2.05) is 21.1 Å². The van der Waals surface area contributed by atoms with Crippen LogP contribution in [0.3, 0.4) is 0 Å². The largest absolute Gasteiger partial charge is 0.477 e. The Kier molecular flexibility index (Phi) is 50.9. The van der Waals surface area contributed by atoms with Gasteiger partial charge < -0.3 is 28.5 Å². The fraction of sp³-hybridized carbons (Fsp3) is 0.852. The minimum atomic E-state index is -1.51. The van der Waals surface area contributed by atoms with Crippen LogP contribution in [0.4, 0.5) is 0 Å². The van der Waals surface area contributed by atoms with Crippen molar-refractivity contribution in [3.05, 3.63) is 36.5 Å². The van der Waals surface area contributed by atoms with Crippen LogP contribution in [0.1, 0.15) is 277 Å². The molecule has 0 saturated heterocycles. The summed E-state index contributed by atoms with van der Waals surface area (Å²) in [4.78, 5) is 37.4. The molecule has 0 aliphatic carbocycles. The number of carbonyl (C=O) groups excluding carboxylic acids is 2. The number of nitrogens with zero attached hydrogens (tertiary/aromatic N) is 1. The zero-order valence-electron chi connectivity index (χ0n) is 46.7. The summed E-state index contributed by atoms with van der Waals surface area (Å²) in [6.45, 7) is 4.89. The molecule has 2 unspecified atom stereocenters. The molecule has 0 aromatic heterocycles. The molecule has 0 saturated carbocycles. The molecule has 2 atom stereocenters. The maximum Gasteiger partial charge on any atom is 0.361 e. The summed E-state index contributed by atoms with van der Waals surface area (Å²) in [6.07, 6.45) is 60.8. The smallest absolute Gasteiger partial charge is 0.361 e. The summed E-state index contributed by atoms with van der Waals surface area (Å²) in [5.74, 6) is -2.00. The van der Waals surface area contributed by atoms with Gasteiger partial charge in [0.2, 0.25) is 0 Å². The molecule has 0 radical (unpaired) electrons. The Morgan fingerprint density at radius 1 is 0.429 bits per heavy atom. The first-order valence-electron chi connectivity index (χ1n) is 29.7. The SMILES string of the molecule is CCCCCCC/C=C\C/C=C\CCCCCCCCCCCCCCCCCCCC(=O)OC(COC(=O)CCCCCCC/C=C\CCCCCCCCC)COC(OCC[N+](C)(C)C)C(=O)O. The summed E-state index contributed by atoms with van der Waals surface area (Å²) < 4.78 is 22.9. The first-order chi connectivity index (χ1) is 34.1. The number of likely N-dealkylation sites (N-methyl/N-ethyl adjacent to an activating group) is 1. The van der Waals surface area contributed by atoms with Gasteiger partial charge in [0.15, 0.2) is 6.10 Å². The third kappa shape index (κ3) is 53.3. The number of allylic oxidation sites excluding steroid dienone is 6. The third-order valence-electron chi connectivity index (χ3n) is 13.1. The number of carboxylic acids is 1. The number of esters is 2. The molecule has 0 heterocycles. The van der Waals surface area contributed by atoms with E-state index in [0.29, 0.717) is 17.4 Å². The van der Waals surface area contributed by atoms with Gasteiger partial charge in [-0.1, -0.05) is 230 Å². The van der Waals surface area contributed by atoms with Crippen LogP contribution in [-0.2, 0) is 33.3 Å². The van der Waals surface area contributed by atoms with Crippen LogP contribution in [0, 0.1) is 0 Å². The molecule has 0 aromatic carbocycles. The summed E-state index contributed by atoms with van der Waals surface area (Å²) in [6, 6.07) is 0. The number of carboxylic acid groups (broad SMARTS) is 1. The highest BCUT2D eigenvalue weighted by molar-refractivity contribution is 5.71. The number of ether oxygens (including phenoxy) is 4. The maximum atomic E-state index is 12.9. The molecule has 9 heteroatoms. The van der Waals surface area contributed by atoms with Crippen LogP contribution in [0.25, 0.3) is 0 Å². The van der Waals surface area contributed by atoms with Crippen molar-refractivity contribution in [2.75, 3.05) is 47.5 Å². The van der Waals surface area contributed by atoms with Crippen LogP contribution in [0.5, 0.6) is 0 Å². The second kappa shape index (κ2) is 52.8. The fourth-order valence-electron chi connectivity index (χ4n) is 8.51. The molecule has 0 bridgehead atoms. The molecule has 70 heavy (non-hydrogen) atoms. The number of hydrogen-bond donors (Lipinski definition) is 1. The van der Waals surface area contributed by atoms with E-state index in [-0.39, 0.29) is 32.2 Å². The van der Waals surface area contributed by atoms with Crippen LogP contribution in [0.15, 0.2) is 36.5 Å². The van der Waals surface area contributed by atoms with Crippen molar-refractivity contribution in [2.24, 2.45) is 0 Å². The zero-order valence-corrected chi connectivity index (χ0v) is 46.7. The molecule has 410 valence electrons. The summed E-state index contributed by atoms with van der Waals surface area (Å²) in [5, 5.41) is 9.70. The molecule has 0 aliphatic rings. The van der Waals surface area contributed by atoms with Crippen molar-refractivity contribution < 1.29 is 42.9 Å². The predicted octanol–water partition coefficient (Wildman–Crippen LogP) is 17.3. The number of aliphatic carboxylic acids is 1. The van der Waals surface area contributed by atoms with Gasteiger partial charge in [-0.2, -0.15) is 0 Å². The van der Waals surface area contributed by atoms with E-state index in [4.69, 9.17) is 18.9 Å². The van der Waals surface area contributed by atoms with Gasteiger partial charge in [-0.15, -0.1) is 0 Å². The average molecular weight is 990 g/mol. The molecule has 0 aromatic rings. The maximum absolute atomic E-state index is 12.9. The van der Waals surface area contributed by atoms with Crippen LogP contribution >= 0.6 is 0 Å². The van der Waals surface area contributed by atoms with Crippen LogP contribution < -0.4 is 0 Å². The number of quaternary nitrogens is 1.